The van der Waals surface area contributed by atoms with E-state index >= 15 is 0 Å². The molecule has 0 spiro atoms. The fourth-order valence-electron chi connectivity index (χ4n) is 2.04. The van der Waals surface area contributed by atoms with E-state index in [1.807, 2.05) is 30.3 Å². The zero-order valence-electron chi connectivity index (χ0n) is 12.2. The van der Waals surface area contributed by atoms with Gasteiger partial charge in [-0.3, -0.25) is 4.79 Å². The molecule has 0 atom stereocenters. The van der Waals surface area contributed by atoms with Crippen LogP contribution in [0.3, 0.4) is 0 Å². The minimum Gasteiger partial charge on any atom is -0.339 e. The van der Waals surface area contributed by atoms with E-state index < -0.39 is 0 Å². The largest absolute Gasteiger partial charge is 0.339 e. The van der Waals surface area contributed by atoms with Crippen LogP contribution >= 0.6 is 0 Å². The summed E-state index contributed by atoms with van der Waals surface area (Å²) >= 11 is 0. The SMILES string of the molecule is O=C(CCc1nc(-c2ccccc2)no1)Nc1ccc(F)cc1. The maximum absolute atomic E-state index is 12.8. The van der Waals surface area contributed by atoms with Crippen LogP contribution in [0.2, 0.25) is 0 Å². The number of benzene rings is 2. The molecule has 0 saturated heterocycles. The Labute approximate surface area is 132 Å². The summed E-state index contributed by atoms with van der Waals surface area (Å²) in [5, 5.41) is 6.58. The van der Waals surface area contributed by atoms with Gasteiger partial charge in [-0.1, -0.05) is 35.5 Å². The van der Waals surface area contributed by atoms with Crippen LogP contribution in [0.5, 0.6) is 0 Å². The lowest BCUT2D eigenvalue weighted by atomic mass is 10.2. The van der Waals surface area contributed by atoms with Gasteiger partial charge in [-0.05, 0) is 24.3 Å². The molecule has 2 aromatic carbocycles. The minimum absolute atomic E-state index is 0.198. The highest BCUT2D eigenvalue weighted by atomic mass is 19.1. The minimum atomic E-state index is -0.345. The van der Waals surface area contributed by atoms with Gasteiger partial charge in [-0.25, -0.2) is 4.39 Å². The van der Waals surface area contributed by atoms with Crippen LogP contribution in [-0.2, 0) is 11.2 Å². The van der Waals surface area contributed by atoms with Gasteiger partial charge in [0.25, 0.3) is 0 Å². The fraction of sp³-hybridized carbons (Fsp3) is 0.118. The third kappa shape index (κ3) is 4.00. The maximum Gasteiger partial charge on any atom is 0.227 e. The average Bonchev–Trinajstić information content (AvgIpc) is 3.05. The van der Waals surface area contributed by atoms with Crippen LogP contribution in [0.15, 0.2) is 59.1 Å². The number of nitrogens with one attached hydrogen (secondary N) is 1. The van der Waals surface area contributed by atoms with E-state index in [1.54, 1.807) is 0 Å². The van der Waals surface area contributed by atoms with Crippen molar-refractivity contribution < 1.29 is 13.7 Å². The maximum atomic E-state index is 12.8. The van der Waals surface area contributed by atoms with Crippen LogP contribution < -0.4 is 5.32 Å². The molecule has 23 heavy (non-hydrogen) atoms. The molecule has 1 amide bonds. The van der Waals surface area contributed by atoms with Crippen molar-refractivity contribution in [2.45, 2.75) is 12.8 Å². The third-order valence-corrected chi connectivity index (χ3v) is 3.19. The Morgan fingerprint density at radius 3 is 2.57 bits per heavy atom. The second kappa shape index (κ2) is 6.83. The predicted octanol–water partition coefficient (Wildman–Crippen LogP) is 3.45. The van der Waals surface area contributed by atoms with Crippen molar-refractivity contribution in [3.8, 4) is 11.4 Å². The molecular formula is C17H14FN3O2. The van der Waals surface area contributed by atoms with Gasteiger partial charge in [0.2, 0.25) is 17.6 Å². The van der Waals surface area contributed by atoms with Crippen LogP contribution in [0, 0.1) is 5.82 Å². The molecule has 1 aromatic heterocycles. The second-order valence-electron chi connectivity index (χ2n) is 4.93. The van der Waals surface area contributed by atoms with E-state index in [1.165, 1.54) is 24.3 Å². The Hall–Kier alpha value is -3.02. The van der Waals surface area contributed by atoms with Crippen molar-refractivity contribution in [3.05, 3.63) is 66.3 Å². The molecule has 0 bridgehead atoms. The van der Waals surface area contributed by atoms with Gasteiger partial charge < -0.3 is 9.84 Å². The molecule has 0 saturated carbocycles. The number of hydrogen-bond acceptors (Lipinski definition) is 4. The van der Waals surface area contributed by atoms with Crippen molar-refractivity contribution in [2.75, 3.05) is 5.32 Å². The smallest absolute Gasteiger partial charge is 0.227 e. The average molecular weight is 311 g/mol. The van der Waals surface area contributed by atoms with E-state index in [0.717, 1.165) is 5.56 Å². The third-order valence-electron chi connectivity index (χ3n) is 3.19. The van der Waals surface area contributed by atoms with Gasteiger partial charge in [-0.2, -0.15) is 4.98 Å². The summed E-state index contributed by atoms with van der Waals surface area (Å²) in [4.78, 5) is 16.1. The predicted molar refractivity (Wildman–Crippen MR) is 83.1 cm³/mol. The molecule has 5 nitrogen and oxygen atoms in total. The number of halogens is 1. The monoisotopic (exact) mass is 311 g/mol. The molecule has 0 aliphatic heterocycles. The van der Waals surface area contributed by atoms with Crippen molar-refractivity contribution in [3.63, 3.8) is 0 Å². The zero-order valence-corrected chi connectivity index (χ0v) is 12.2. The second-order valence-corrected chi connectivity index (χ2v) is 4.93. The van der Waals surface area contributed by atoms with Crippen molar-refractivity contribution >= 4 is 11.6 Å². The number of anilines is 1. The summed E-state index contributed by atoms with van der Waals surface area (Å²) in [6.07, 6.45) is 0.542. The van der Waals surface area contributed by atoms with Gasteiger partial charge >= 0.3 is 0 Å². The summed E-state index contributed by atoms with van der Waals surface area (Å²) in [5.41, 5.74) is 1.41. The van der Waals surface area contributed by atoms with Gasteiger partial charge in [0, 0.05) is 24.1 Å². The Kier molecular flexibility index (Phi) is 4.42. The normalized spacial score (nSPS) is 10.5. The molecule has 0 radical (unpaired) electrons. The molecule has 0 unspecified atom stereocenters. The number of nitrogens with zero attached hydrogens (tertiary/aromatic N) is 2. The highest BCUT2D eigenvalue weighted by molar-refractivity contribution is 5.90. The molecule has 3 aromatic rings. The standard InChI is InChI=1S/C17H14FN3O2/c18-13-6-8-14(9-7-13)19-15(22)10-11-16-20-17(21-23-16)12-4-2-1-3-5-12/h1-9H,10-11H2,(H,19,22). The van der Waals surface area contributed by atoms with E-state index in [2.05, 4.69) is 15.5 Å². The van der Waals surface area contributed by atoms with Crippen LogP contribution in [0.1, 0.15) is 12.3 Å². The molecule has 3 rings (SSSR count). The first-order valence-electron chi connectivity index (χ1n) is 7.14. The lowest BCUT2D eigenvalue weighted by Crippen LogP contribution is -2.12. The van der Waals surface area contributed by atoms with Gasteiger partial charge in [0.15, 0.2) is 0 Å². The molecule has 0 aliphatic carbocycles. The van der Waals surface area contributed by atoms with Crippen LogP contribution in [-0.4, -0.2) is 16.0 Å². The topological polar surface area (TPSA) is 68.0 Å². The van der Waals surface area contributed by atoms with Gasteiger partial charge in [0.1, 0.15) is 5.82 Å². The first-order valence-corrected chi connectivity index (χ1v) is 7.14. The summed E-state index contributed by atoms with van der Waals surface area (Å²) in [6.45, 7) is 0. The molecule has 6 heteroatoms. The van der Waals surface area contributed by atoms with Crippen molar-refractivity contribution in [2.24, 2.45) is 0 Å². The van der Waals surface area contributed by atoms with E-state index in [0.29, 0.717) is 23.8 Å². The molecule has 0 fully saturated rings. The zero-order chi connectivity index (χ0) is 16.1. The Bertz CT molecular complexity index is 785. The molecule has 0 aliphatic rings. The molecule has 1 N–H and O–H groups in total. The number of aromatic nitrogens is 2. The van der Waals surface area contributed by atoms with Crippen molar-refractivity contribution in [1.29, 1.82) is 0 Å². The summed E-state index contributed by atoms with van der Waals surface area (Å²) in [5.74, 6) is 0.357. The van der Waals surface area contributed by atoms with E-state index in [4.69, 9.17) is 4.52 Å². The van der Waals surface area contributed by atoms with E-state index in [9.17, 15) is 9.18 Å². The molecule has 1 heterocycles. The summed E-state index contributed by atoms with van der Waals surface area (Å²) in [6, 6.07) is 15.1. The molecular weight excluding hydrogens is 297 g/mol. The summed E-state index contributed by atoms with van der Waals surface area (Å²) < 4.78 is 17.9. The number of carbonyl (C=O) groups is 1. The number of rotatable bonds is 5. The fourth-order valence-corrected chi connectivity index (χ4v) is 2.04. The van der Waals surface area contributed by atoms with Crippen LogP contribution in [0.25, 0.3) is 11.4 Å². The lowest BCUT2D eigenvalue weighted by Gasteiger charge is -2.03. The highest BCUT2D eigenvalue weighted by Gasteiger charge is 2.10. The molecule has 116 valence electrons. The summed E-state index contributed by atoms with van der Waals surface area (Å²) in [7, 11) is 0. The van der Waals surface area contributed by atoms with E-state index in [-0.39, 0.29) is 18.1 Å². The Morgan fingerprint density at radius 2 is 1.83 bits per heavy atom. The quantitative estimate of drug-likeness (QED) is 0.783. The van der Waals surface area contributed by atoms with Gasteiger partial charge in [-0.15, -0.1) is 0 Å². The Balaban J connectivity index is 1.55. The lowest BCUT2D eigenvalue weighted by molar-refractivity contribution is -0.116. The van der Waals surface area contributed by atoms with Crippen LogP contribution in [0.4, 0.5) is 10.1 Å². The highest BCUT2D eigenvalue weighted by Crippen LogP contribution is 2.15. The number of hydrogen-bond donors (Lipinski definition) is 1. The number of aryl methyl sites for hydroxylation is 1. The first-order chi connectivity index (χ1) is 11.2. The number of carbonyl (C=O) groups excluding carboxylic acids is 1. The van der Waals surface area contributed by atoms with Gasteiger partial charge in [0.05, 0.1) is 0 Å². The first kappa shape index (κ1) is 14.9. The Morgan fingerprint density at radius 1 is 1.09 bits per heavy atom. The number of amides is 1. The van der Waals surface area contributed by atoms with Crippen molar-refractivity contribution in [1.82, 2.24) is 10.1 Å².